The van der Waals surface area contributed by atoms with Crippen LogP contribution in [0.3, 0.4) is 0 Å². The predicted octanol–water partition coefficient (Wildman–Crippen LogP) is 3.05. The highest BCUT2D eigenvalue weighted by atomic mass is 16.6. The molecule has 0 saturated carbocycles. The maximum atomic E-state index is 11.8. The number of nitrogens with one attached hydrogen (secondary N) is 1. The lowest BCUT2D eigenvalue weighted by Crippen LogP contribution is -2.36. The van der Waals surface area contributed by atoms with Crippen molar-refractivity contribution in [1.82, 2.24) is 5.32 Å². The van der Waals surface area contributed by atoms with Gasteiger partial charge in [-0.15, -0.1) is 0 Å². The minimum atomic E-state index is -0.469. The molecule has 1 aromatic rings. The highest BCUT2D eigenvalue weighted by molar-refractivity contribution is 5.67. The molecule has 0 bridgehead atoms. The van der Waals surface area contributed by atoms with Crippen molar-refractivity contribution in [3.05, 3.63) is 18.2 Å². The van der Waals surface area contributed by atoms with Gasteiger partial charge < -0.3 is 24.4 Å². The Hall–Kier alpha value is -2.11. The van der Waals surface area contributed by atoms with Gasteiger partial charge in [0, 0.05) is 43.5 Å². The van der Waals surface area contributed by atoms with Crippen molar-refractivity contribution >= 4 is 11.8 Å². The molecule has 1 unspecified atom stereocenters. The van der Waals surface area contributed by atoms with Crippen LogP contribution >= 0.6 is 0 Å². The molecule has 0 aliphatic carbocycles. The molecule has 1 heterocycles. The number of nitrogens with zero attached hydrogens (tertiary/aromatic N) is 1. The Bertz CT molecular complexity index is 546. The highest BCUT2D eigenvalue weighted by Gasteiger charge is 2.25. The summed E-state index contributed by atoms with van der Waals surface area (Å²) in [5.41, 5.74) is 0.606. The van der Waals surface area contributed by atoms with Gasteiger partial charge in [0.15, 0.2) is 0 Å². The largest absolute Gasteiger partial charge is 0.497 e. The number of carbonyl (C=O) groups excluding carboxylic acids is 1. The van der Waals surface area contributed by atoms with Gasteiger partial charge in [-0.2, -0.15) is 0 Å². The first kappa shape index (κ1) is 18.2. The average Bonchev–Trinajstić information content (AvgIpc) is 2.99. The molecule has 1 N–H and O–H groups in total. The molecule has 0 spiro atoms. The van der Waals surface area contributed by atoms with E-state index in [2.05, 4.69) is 10.2 Å². The SMILES string of the molecule is COc1cc(OC)cc(N2CCC(CNC(=O)OC(C)(C)C)C2)c1. The molecule has 134 valence electrons. The minimum absolute atomic E-state index is 0.357. The first-order chi connectivity index (χ1) is 11.3. The van der Waals surface area contributed by atoms with Crippen LogP contribution in [0.25, 0.3) is 0 Å². The maximum Gasteiger partial charge on any atom is 0.407 e. The van der Waals surface area contributed by atoms with Gasteiger partial charge >= 0.3 is 6.09 Å². The first-order valence-corrected chi connectivity index (χ1v) is 8.25. The van der Waals surface area contributed by atoms with E-state index < -0.39 is 5.60 Å². The monoisotopic (exact) mass is 336 g/mol. The predicted molar refractivity (Wildman–Crippen MR) is 94.1 cm³/mol. The van der Waals surface area contributed by atoms with Crippen molar-refractivity contribution in [3.8, 4) is 11.5 Å². The second kappa shape index (κ2) is 7.64. The van der Waals surface area contributed by atoms with Crippen molar-refractivity contribution in [2.45, 2.75) is 32.8 Å². The lowest BCUT2D eigenvalue weighted by molar-refractivity contribution is 0.0520. The molecular weight excluding hydrogens is 308 g/mol. The van der Waals surface area contributed by atoms with Crippen molar-refractivity contribution in [3.63, 3.8) is 0 Å². The van der Waals surface area contributed by atoms with Gasteiger partial charge in [0.05, 0.1) is 14.2 Å². The molecule has 1 amide bonds. The smallest absolute Gasteiger partial charge is 0.407 e. The molecule has 6 heteroatoms. The van der Waals surface area contributed by atoms with Crippen molar-refractivity contribution < 1.29 is 19.0 Å². The third-order valence-corrected chi connectivity index (χ3v) is 3.92. The van der Waals surface area contributed by atoms with E-state index in [0.29, 0.717) is 12.5 Å². The zero-order valence-electron chi connectivity index (χ0n) is 15.2. The summed E-state index contributed by atoms with van der Waals surface area (Å²) in [5, 5.41) is 2.86. The maximum absolute atomic E-state index is 11.8. The van der Waals surface area contributed by atoms with E-state index in [-0.39, 0.29) is 6.09 Å². The number of benzene rings is 1. The van der Waals surface area contributed by atoms with Crippen LogP contribution < -0.4 is 19.7 Å². The Morgan fingerprint density at radius 3 is 2.38 bits per heavy atom. The topological polar surface area (TPSA) is 60.0 Å². The fourth-order valence-electron chi connectivity index (χ4n) is 2.75. The third-order valence-electron chi connectivity index (χ3n) is 3.92. The Kier molecular flexibility index (Phi) is 5.80. The van der Waals surface area contributed by atoms with Crippen molar-refractivity contribution in [2.24, 2.45) is 5.92 Å². The minimum Gasteiger partial charge on any atom is -0.497 e. The van der Waals surface area contributed by atoms with Gasteiger partial charge in [-0.05, 0) is 33.1 Å². The number of alkyl carbamates (subject to hydrolysis) is 1. The number of hydrogen-bond donors (Lipinski definition) is 1. The molecule has 1 aromatic carbocycles. The van der Waals surface area contributed by atoms with Crippen LogP contribution in [0.2, 0.25) is 0 Å². The molecular formula is C18H28N2O4. The van der Waals surface area contributed by atoms with Gasteiger partial charge in [-0.3, -0.25) is 0 Å². The number of carbonyl (C=O) groups is 1. The summed E-state index contributed by atoms with van der Waals surface area (Å²) in [7, 11) is 3.30. The second-order valence-electron chi connectivity index (χ2n) is 7.05. The number of methoxy groups -OCH3 is 2. The van der Waals surface area contributed by atoms with Crippen LogP contribution in [-0.4, -0.2) is 45.5 Å². The Morgan fingerprint density at radius 1 is 1.21 bits per heavy atom. The molecule has 6 nitrogen and oxygen atoms in total. The fourth-order valence-corrected chi connectivity index (χ4v) is 2.75. The van der Waals surface area contributed by atoms with E-state index in [9.17, 15) is 4.79 Å². The summed E-state index contributed by atoms with van der Waals surface area (Å²) in [6, 6.07) is 5.87. The molecule has 24 heavy (non-hydrogen) atoms. The number of amides is 1. The molecule has 1 aliphatic heterocycles. The van der Waals surface area contributed by atoms with E-state index in [1.807, 2.05) is 39.0 Å². The summed E-state index contributed by atoms with van der Waals surface area (Å²) in [5.74, 6) is 1.95. The Labute approximate surface area is 144 Å². The zero-order chi connectivity index (χ0) is 17.7. The zero-order valence-corrected chi connectivity index (χ0v) is 15.2. The third kappa shape index (κ3) is 5.22. The molecule has 0 radical (unpaired) electrons. The molecule has 1 aliphatic rings. The lowest BCUT2D eigenvalue weighted by Gasteiger charge is -2.22. The number of anilines is 1. The van der Waals surface area contributed by atoms with Crippen LogP contribution in [0.4, 0.5) is 10.5 Å². The quantitative estimate of drug-likeness (QED) is 0.895. The molecule has 2 rings (SSSR count). The van der Waals surface area contributed by atoms with E-state index in [4.69, 9.17) is 14.2 Å². The Balaban J connectivity index is 1.90. The van der Waals surface area contributed by atoms with Gasteiger partial charge in [-0.25, -0.2) is 4.79 Å². The molecule has 1 fully saturated rings. The van der Waals surface area contributed by atoms with Crippen molar-refractivity contribution in [2.75, 3.05) is 38.8 Å². The second-order valence-corrected chi connectivity index (χ2v) is 7.05. The summed E-state index contributed by atoms with van der Waals surface area (Å²) in [4.78, 5) is 14.0. The Morgan fingerprint density at radius 2 is 1.83 bits per heavy atom. The van der Waals surface area contributed by atoms with Gasteiger partial charge in [0.25, 0.3) is 0 Å². The molecule has 0 aromatic heterocycles. The van der Waals surface area contributed by atoms with Crippen LogP contribution in [0, 0.1) is 5.92 Å². The summed E-state index contributed by atoms with van der Waals surface area (Å²) in [6.45, 7) is 8.02. The lowest BCUT2D eigenvalue weighted by atomic mass is 10.1. The number of ether oxygens (including phenoxy) is 3. The number of rotatable bonds is 5. The van der Waals surface area contributed by atoms with E-state index in [1.165, 1.54) is 0 Å². The van der Waals surface area contributed by atoms with Crippen LogP contribution in [0.1, 0.15) is 27.2 Å². The highest BCUT2D eigenvalue weighted by Crippen LogP contribution is 2.31. The van der Waals surface area contributed by atoms with Gasteiger partial charge in [-0.1, -0.05) is 0 Å². The molecule has 1 saturated heterocycles. The summed E-state index contributed by atoms with van der Waals surface area (Å²) < 4.78 is 15.9. The van der Waals surface area contributed by atoms with Crippen LogP contribution in [0.5, 0.6) is 11.5 Å². The molecule has 1 atom stereocenters. The van der Waals surface area contributed by atoms with Crippen molar-refractivity contribution in [1.29, 1.82) is 0 Å². The van der Waals surface area contributed by atoms with Gasteiger partial charge in [0.1, 0.15) is 17.1 Å². The van der Waals surface area contributed by atoms with Gasteiger partial charge in [0.2, 0.25) is 0 Å². The average molecular weight is 336 g/mol. The first-order valence-electron chi connectivity index (χ1n) is 8.25. The number of hydrogen-bond acceptors (Lipinski definition) is 5. The van der Waals surface area contributed by atoms with Crippen LogP contribution in [0.15, 0.2) is 18.2 Å². The summed E-state index contributed by atoms with van der Waals surface area (Å²) >= 11 is 0. The van der Waals surface area contributed by atoms with E-state index in [1.54, 1.807) is 14.2 Å². The summed E-state index contributed by atoms with van der Waals surface area (Å²) in [6.07, 6.45) is 0.666. The normalized spacial score (nSPS) is 17.5. The van der Waals surface area contributed by atoms with E-state index in [0.717, 1.165) is 36.7 Å². The van der Waals surface area contributed by atoms with E-state index >= 15 is 0 Å². The standard InChI is InChI=1S/C18H28N2O4/c1-18(2,3)24-17(21)19-11-13-6-7-20(12-13)14-8-15(22-4)10-16(9-14)23-5/h8-10,13H,6-7,11-12H2,1-5H3,(H,19,21). The van der Waals surface area contributed by atoms with Crippen LogP contribution in [-0.2, 0) is 4.74 Å². The fraction of sp³-hybridized carbons (Fsp3) is 0.611.